The number of esters is 1. The SMILES string of the molecule is CCS(=O)(=O)NCc1cc(C(=O)OC)ccn1. The van der Waals surface area contributed by atoms with Gasteiger partial charge in [0.1, 0.15) is 0 Å². The van der Waals surface area contributed by atoms with Crippen LogP contribution in [0.2, 0.25) is 0 Å². The first-order valence-electron chi connectivity index (χ1n) is 4.99. The maximum atomic E-state index is 11.2. The van der Waals surface area contributed by atoms with Crippen LogP contribution in [0, 0.1) is 0 Å². The van der Waals surface area contributed by atoms with Gasteiger partial charge >= 0.3 is 5.97 Å². The minimum absolute atomic E-state index is 0.00366. The summed E-state index contributed by atoms with van der Waals surface area (Å²) in [5.41, 5.74) is 0.804. The Morgan fingerprint density at radius 2 is 2.24 bits per heavy atom. The molecule has 1 N–H and O–H groups in total. The zero-order chi connectivity index (χ0) is 12.9. The lowest BCUT2D eigenvalue weighted by Crippen LogP contribution is -2.25. The van der Waals surface area contributed by atoms with Gasteiger partial charge in [0.2, 0.25) is 10.0 Å². The smallest absolute Gasteiger partial charge is 0.337 e. The third-order valence-corrected chi connectivity index (χ3v) is 3.44. The molecular formula is C10H14N2O4S. The second-order valence-electron chi connectivity index (χ2n) is 3.25. The van der Waals surface area contributed by atoms with Crippen molar-refractivity contribution < 1.29 is 17.9 Å². The summed E-state index contributed by atoms with van der Waals surface area (Å²) in [5, 5.41) is 0. The van der Waals surface area contributed by atoms with E-state index in [-0.39, 0.29) is 12.3 Å². The van der Waals surface area contributed by atoms with Crippen molar-refractivity contribution in [3.05, 3.63) is 29.6 Å². The number of nitrogens with one attached hydrogen (secondary N) is 1. The maximum Gasteiger partial charge on any atom is 0.337 e. The quantitative estimate of drug-likeness (QED) is 0.768. The largest absolute Gasteiger partial charge is 0.465 e. The molecular weight excluding hydrogens is 244 g/mol. The molecule has 0 atom stereocenters. The molecule has 1 heterocycles. The van der Waals surface area contributed by atoms with E-state index < -0.39 is 16.0 Å². The van der Waals surface area contributed by atoms with Crippen LogP contribution < -0.4 is 4.72 Å². The number of ether oxygens (including phenoxy) is 1. The Balaban J connectivity index is 2.76. The Morgan fingerprint density at radius 3 is 2.82 bits per heavy atom. The molecule has 0 aliphatic heterocycles. The predicted molar refractivity (Wildman–Crippen MR) is 61.9 cm³/mol. The van der Waals surface area contributed by atoms with Crippen molar-refractivity contribution in [3.8, 4) is 0 Å². The van der Waals surface area contributed by atoms with Gasteiger partial charge in [0, 0.05) is 6.20 Å². The van der Waals surface area contributed by atoms with E-state index in [1.165, 1.54) is 25.4 Å². The molecule has 0 bridgehead atoms. The van der Waals surface area contributed by atoms with E-state index >= 15 is 0 Å². The standard InChI is InChI=1S/C10H14N2O4S/c1-3-17(14,15)12-7-9-6-8(4-5-11-9)10(13)16-2/h4-6,12H,3,7H2,1-2H3. The first-order valence-corrected chi connectivity index (χ1v) is 6.64. The molecule has 0 fully saturated rings. The van der Waals surface area contributed by atoms with Crippen LogP contribution in [0.3, 0.4) is 0 Å². The van der Waals surface area contributed by atoms with E-state index in [2.05, 4.69) is 14.4 Å². The first-order chi connectivity index (χ1) is 7.98. The van der Waals surface area contributed by atoms with Gasteiger partial charge < -0.3 is 4.74 Å². The third kappa shape index (κ3) is 4.12. The lowest BCUT2D eigenvalue weighted by Gasteiger charge is -2.05. The van der Waals surface area contributed by atoms with Gasteiger partial charge in [-0.25, -0.2) is 17.9 Å². The van der Waals surface area contributed by atoms with E-state index in [9.17, 15) is 13.2 Å². The van der Waals surface area contributed by atoms with E-state index in [0.717, 1.165) is 0 Å². The normalized spacial score (nSPS) is 11.2. The van der Waals surface area contributed by atoms with Crippen LogP contribution in [-0.2, 0) is 21.3 Å². The van der Waals surface area contributed by atoms with Gasteiger partial charge in [-0.2, -0.15) is 0 Å². The molecule has 1 aromatic heterocycles. The molecule has 0 saturated heterocycles. The van der Waals surface area contributed by atoms with Crippen molar-refractivity contribution in [3.63, 3.8) is 0 Å². The van der Waals surface area contributed by atoms with E-state index in [1.54, 1.807) is 6.92 Å². The minimum atomic E-state index is -3.26. The topological polar surface area (TPSA) is 85.4 Å². The number of hydrogen-bond donors (Lipinski definition) is 1. The zero-order valence-corrected chi connectivity index (χ0v) is 10.5. The van der Waals surface area contributed by atoms with Crippen LogP contribution >= 0.6 is 0 Å². The third-order valence-electron chi connectivity index (χ3n) is 2.09. The minimum Gasteiger partial charge on any atom is -0.465 e. The predicted octanol–water partition coefficient (Wildman–Crippen LogP) is 0.307. The van der Waals surface area contributed by atoms with Crippen LogP contribution in [-0.4, -0.2) is 32.2 Å². The average Bonchev–Trinajstić information content (AvgIpc) is 2.36. The average molecular weight is 258 g/mol. The molecule has 1 rings (SSSR count). The molecule has 0 spiro atoms. The van der Waals surface area contributed by atoms with Crippen molar-refractivity contribution in [1.82, 2.24) is 9.71 Å². The molecule has 0 saturated carbocycles. The van der Waals surface area contributed by atoms with Crippen molar-refractivity contribution in [2.75, 3.05) is 12.9 Å². The Kier molecular flexibility index (Phi) is 4.59. The van der Waals surface area contributed by atoms with Crippen LogP contribution in [0.4, 0.5) is 0 Å². The van der Waals surface area contributed by atoms with E-state index in [1.807, 2.05) is 0 Å². The lowest BCUT2D eigenvalue weighted by atomic mass is 10.2. The van der Waals surface area contributed by atoms with Gasteiger partial charge in [-0.1, -0.05) is 0 Å². The van der Waals surface area contributed by atoms with Crippen LogP contribution in [0.5, 0.6) is 0 Å². The van der Waals surface area contributed by atoms with Crippen LogP contribution in [0.1, 0.15) is 23.0 Å². The highest BCUT2D eigenvalue weighted by atomic mass is 32.2. The number of pyridine rings is 1. The lowest BCUT2D eigenvalue weighted by molar-refractivity contribution is 0.0600. The molecule has 0 unspecified atom stereocenters. The second-order valence-corrected chi connectivity index (χ2v) is 5.35. The maximum absolute atomic E-state index is 11.2. The molecule has 0 aromatic carbocycles. The van der Waals surface area contributed by atoms with Crippen molar-refractivity contribution in [2.45, 2.75) is 13.5 Å². The van der Waals surface area contributed by atoms with Gasteiger partial charge in [0.05, 0.1) is 30.7 Å². The Morgan fingerprint density at radius 1 is 1.53 bits per heavy atom. The fourth-order valence-electron chi connectivity index (χ4n) is 1.11. The summed E-state index contributed by atoms with van der Waals surface area (Å²) in [4.78, 5) is 15.2. The van der Waals surface area contributed by atoms with Gasteiger partial charge in [-0.15, -0.1) is 0 Å². The van der Waals surface area contributed by atoms with Gasteiger partial charge in [-0.05, 0) is 19.1 Å². The molecule has 1 aromatic rings. The molecule has 7 heteroatoms. The first kappa shape index (κ1) is 13.6. The fourth-order valence-corrected chi connectivity index (χ4v) is 1.68. The van der Waals surface area contributed by atoms with Crippen molar-refractivity contribution in [2.24, 2.45) is 0 Å². The second kappa shape index (κ2) is 5.74. The van der Waals surface area contributed by atoms with Gasteiger partial charge in [0.25, 0.3) is 0 Å². The monoisotopic (exact) mass is 258 g/mol. The number of hydrogen-bond acceptors (Lipinski definition) is 5. The summed E-state index contributed by atoms with van der Waals surface area (Å²) >= 11 is 0. The van der Waals surface area contributed by atoms with Crippen LogP contribution in [0.25, 0.3) is 0 Å². The number of carbonyl (C=O) groups excluding carboxylic acids is 1. The molecule has 0 radical (unpaired) electrons. The summed E-state index contributed by atoms with van der Waals surface area (Å²) in [6.45, 7) is 1.60. The molecule has 0 amide bonds. The molecule has 0 aliphatic carbocycles. The van der Waals surface area contributed by atoms with Gasteiger partial charge in [0.15, 0.2) is 0 Å². The number of carbonyl (C=O) groups is 1. The zero-order valence-electron chi connectivity index (χ0n) is 9.63. The number of methoxy groups -OCH3 is 1. The Labute approximate surface area is 100 Å². The molecule has 0 aliphatic rings. The molecule has 94 valence electrons. The van der Waals surface area contributed by atoms with Crippen molar-refractivity contribution in [1.29, 1.82) is 0 Å². The van der Waals surface area contributed by atoms with Gasteiger partial charge in [-0.3, -0.25) is 4.98 Å². The number of aromatic nitrogens is 1. The summed E-state index contributed by atoms with van der Waals surface area (Å²) in [7, 11) is -1.98. The number of sulfonamides is 1. The summed E-state index contributed by atoms with van der Waals surface area (Å²) in [5.74, 6) is -0.476. The van der Waals surface area contributed by atoms with E-state index in [4.69, 9.17) is 0 Å². The number of rotatable bonds is 5. The fraction of sp³-hybridized carbons (Fsp3) is 0.400. The van der Waals surface area contributed by atoms with Crippen molar-refractivity contribution >= 4 is 16.0 Å². The highest BCUT2D eigenvalue weighted by Gasteiger charge is 2.09. The Bertz CT molecular complexity index is 499. The number of nitrogens with zero attached hydrogens (tertiary/aromatic N) is 1. The van der Waals surface area contributed by atoms with E-state index in [0.29, 0.717) is 11.3 Å². The molecule has 17 heavy (non-hydrogen) atoms. The summed E-state index contributed by atoms with van der Waals surface area (Å²) in [6, 6.07) is 2.99. The highest BCUT2D eigenvalue weighted by Crippen LogP contribution is 2.03. The van der Waals surface area contributed by atoms with Crippen LogP contribution in [0.15, 0.2) is 18.3 Å². The highest BCUT2D eigenvalue weighted by molar-refractivity contribution is 7.89. The summed E-state index contributed by atoms with van der Waals surface area (Å²) in [6.07, 6.45) is 1.43. The summed E-state index contributed by atoms with van der Waals surface area (Å²) < 4.78 is 29.4. The molecule has 6 nitrogen and oxygen atoms in total. The Hall–Kier alpha value is -1.47.